The lowest BCUT2D eigenvalue weighted by Crippen LogP contribution is -2.47. The molecule has 0 bridgehead atoms. The number of nitrogens with zero attached hydrogens (tertiary/aromatic N) is 1. The number of rotatable bonds is 4. The topological polar surface area (TPSA) is 61.4 Å². The van der Waals surface area contributed by atoms with E-state index in [1.54, 1.807) is 0 Å². The first-order valence-electron chi connectivity index (χ1n) is 9.57. The maximum atomic E-state index is 13.0. The van der Waals surface area contributed by atoms with Gasteiger partial charge >= 0.3 is 0 Å². The van der Waals surface area contributed by atoms with Crippen LogP contribution in [0.15, 0.2) is 24.3 Å². The van der Waals surface area contributed by atoms with Crippen molar-refractivity contribution in [3.63, 3.8) is 0 Å². The second-order valence-corrected chi connectivity index (χ2v) is 7.73. The number of hydrogen-bond donors (Lipinski definition) is 2. The molecule has 4 rings (SSSR count). The molecule has 0 spiro atoms. The molecular formula is C20H28ClN3O2. The standard InChI is InChI=1S/C20H27N3O2.ClH/c24-18-8-4-10-23(18)17-7-3-5-15(11-17)12-22-19(25)20-9-2-1-6-16(20)13-21-14-20;/h3,5,7,11,16,21H,1-2,4,6,8-10,12-14H2,(H,22,25);1H/t16-,20+;/m0./s1. The van der Waals surface area contributed by atoms with Gasteiger partial charge in [0.15, 0.2) is 0 Å². The van der Waals surface area contributed by atoms with Gasteiger partial charge in [0, 0.05) is 31.7 Å². The third-order valence-corrected chi connectivity index (χ3v) is 6.24. The summed E-state index contributed by atoms with van der Waals surface area (Å²) in [5, 5.41) is 6.61. The molecular weight excluding hydrogens is 350 g/mol. The maximum absolute atomic E-state index is 13.0. The molecule has 2 amide bonds. The fourth-order valence-corrected chi connectivity index (χ4v) is 4.80. The lowest BCUT2D eigenvalue weighted by molar-refractivity contribution is -0.134. The van der Waals surface area contributed by atoms with E-state index in [9.17, 15) is 9.59 Å². The van der Waals surface area contributed by atoms with E-state index in [-0.39, 0.29) is 29.6 Å². The monoisotopic (exact) mass is 377 g/mol. The quantitative estimate of drug-likeness (QED) is 0.847. The van der Waals surface area contributed by atoms with Gasteiger partial charge in [-0.25, -0.2) is 0 Å². The fraction of sp³-hybridized carbons (Fsp3) is 0.600. The van der Waals surface area contributed by atoms with Gasteiger partial charge in [-0.15, -0.1) is 12.4 Å². The fourth-order valence-electron chi connectivity index (χ4n) is 4.80. The SMILES string of the molecule is Cl.O=C1CCCN1c1cccc(CNC(=O)[C@@]23CCCC[C@H]2CNC3)c1. The first kappa shape index (κ1) is 19.2. The van der Waals surface area contributed by atoms with E-state index in [1.165, 1.54) is 6.42 Å². The Balaban J connectivity index is 0.00000196. The van der Waals surface area contributed by atoms with Gasteiger partial charge in [-0.2, -0.15) is 0 Å². The van der Waals surface area contributed by atoms with Crippen LogP contribution in [-0.2, 0) is 16.1 Å². The van der Waals surface area contributed by atoms with Crippen LogP contribution in [0.3, 0.4) is 0 Å². The molecule has 142 valence electrons. The molecule has 6 heteroatoms. The van der Waals surface area contributed by atoms with E-state index in [0.717, 1.165) is 56.6 Å². The molecule has 1 aromatic carbocycles. The van der Waals surface area contributed by atoms with Crippen molar-refractivity contribution < 1.29 is 9.59 Å². The lowest BCUT2D eigenvalue weighted by Gasteiger charge is -2.37. The summed E-state index contributed by atoms with van der Waals surface area (Å²) in [4.78, 5) is 26.7. The molecule has 2 aliphatic heterocycles. The minimum atomic E-state index is -0.208. The van der Waals surface area contributed by atoms with E-state index in [2.05, 4.69) is 10.6 Å². The molecule has 1 aromatic rings. The normalized spacial score (nSPS) is 27.8. The molecule has 2 N–H and O–H groups in total. The predicted molar refractivity (Wildman–Crippen MR) is 104 cm³/mol. The highest BCUT2D eigenvalue weighted by Gasteiger charge is 2.49. The molecule has 26 heavy (non-hydrogen) atoms. The Bertz CT molecular complexity index is 681. The van der Waals surface area contributed by atoms with Crippen LogP contribution in [0.4, 0.5) is 5.69 Å². The highest BCUT2D eigenvalue weighted by Crippen LogP contribution is 2.43. The summed E-state index contributed by atoms with van der Waals surface area (Å²) in [5.41, 5.74) is 1.80. The molecule has 2 saturated heterocycles. The molecule has 3 aliphatic rings. The summed E-state index contributed by atoms with van der Waals surface area (Å²) < 4.78 is 0. The Morgan fingerprint density at radius 2 is 2.19 bits per heavy atom. The number of fused-ring (bicyclic) bond motifs is 1. The number of nitrogens with one attached hydrogen (secondary N) is 2. The summed E-state index contributed by atoms with van der Waals surface area (Å²) in [6, 6.07) is 8.01. The molecule has 1 aliphatic carbocycles. The number of halogens is 1. The largest absolute Gasteiger partial charge is 0.351 e. The molecule has 0 unspecified atom stereocenters. The summed E-state index contributed by atoms with van der Waals surface area (Å²) in [5.74, 6) is 0.877. The van der Waals surface area contributed by atoms with E-state index in [0.29, 0.717) is 18.9 Å². The average Bonchev–Trinajstić information content (AvgIpc) is 3.26. The van der Waals surface area contributed by atoms with Crippen molar-refractivity contribution in [3.8, 4) is 0 Å². The van der Waals surface area contributed by atoms with Crippen molar-refractivity contribution in [1.82, 2.24) is 10.6 Å². The lowest BCUT2D eigenvalue weighted by atomic mass is 9.67. The van der Waals surface area contributed by atoms with Gasteiger partial charge in [0.2, 0.25) is 11.8 Å². The Hall–Kier alpha value is -1.59. The van der Waals surface area contributed by atoms with Crippen LogP contribution in [0.1, 0.15) is 44.1 Å². The zero-order chi connectivity index (χ0) is 17.3. The molecule has 0 aromatic heterocycles. The summed E-state index contributed by atoms with van der Waals surface area (Å²) >= 11 is 0. The Morgan fingerprint density at radius 1 is 1.31 bits per heavy atom. The number of benzene rings is 1. The van der Waals surface area contributed by atoms with Crippen LogP contribution in [0.2, 0.25) is 0 Å². The molecule has 2 heterocycles. The number of anilines is 1. The summed E-state index contributed by atoms with van der Waals surface area (Å²) in [6.45, 7) is 3.11. The van der Waals surface area contributed by atoms with Gasteiger partial charge in [-0.05, 0) is 49.4 Å². The zero-order valence-electron chi connectivity index (χ0n) is 15.1. The smallest absolute Gasteiger partial charge is 0.228 e. The van der Waals surface area contributed by atoms with E-state index < -0.39 is 0 Å². The van der Waals surface area contributed by atoms with Gasteiger partial charge in [0.1, 0.15) is 0 Å². The van der Waals surface area contributed by atoms with E-state index in [1.807, 2.05) is 29.2 Å². The second kappa shape index (κ2) is 7.97. The zero-order valence-corrected chi connectivity index (χ0v) is 15.9. The van der Waals surface area contributed by atoms with Crippen LogP contribution < -0.4 is 15.5 Å². The van der Waals surface area contributed by atoms with Crippen LogP contribution in [0.5, 0.6) is 0 Å². The van der Waals surface area contributed by atoms with Gasteiger partial charge < -0.3 is 15.5 Å². The minimum absolute atomic E-state index is 0. The van der Waals surface area contributed by atoms with Crippen LogP contribution in [0, 0.1) is 11.3 Å². The summed E-state index contributed by atoms with van der Waals surface area (Å²) in [6.07, 6.45) is 6.12. The van der Waals surface area contributed by atoms with Crippen molar-refractivity contribution in [2.24, 2.45) is 11.3 Å². The van der Waals surface area contributed by atoms with Crippen molar-refractivity contribution in [1.29, 1.82) is 0 Å². The Labute approximate surface area is 161 Å². The number of carbonyl (C=O) groups is 2. The van der Waals surface area contributed by atoms with Crippen LogP contribution in [-0.4, -0.2) is 31.4 Å². The van der Waals surface area contributed by atoms with E-state index in [4.69, 9.17) is 0 Å². The van der Waals surface area contributed by atoms with Crippen molar-refractivity contribution >= 4 is 29.9 Å². The van der Waals surface area contributed by atoms with Gasteiger partial charge in [0.25, 0.3) is 0 Å². The van der Waals surface area contributed by atoms with Gasteiger partial charge in [0.05, 0.1) is 5.41 Å². The van der Waals surface area contributed by atoms with Gasteiger partial charge in [-0.3, -0.25) is 9.59 Å². The van der Waals surface area contributed by atoms with Crippen molar-refractivity contribution in [2.45, 2.75) is 45.1 Å². The highest BCUT2D eigenvalue weighted by molar-refractivity contribution is 5.95. The van der Waals surface area contributed by atoms with Crippen LogP contribution in [0.25, 0.3) is 0 Å². The van der Waals surface area contributed by atoms with Crippen LogP contribution >= 0.6 is 12.4 Å². The van der Waals surface area contributed by atoms with Gasteiger partial charge in [-0.1, -0.05) is 25.0 Å². The first-order chi connectivity index (χ1) is 12.2. The Morgan fingerprint density at radius 3 is 3.00 bits per heavy atom. The second-order valence-electron chi connectivity index (χ2n) is 7.73. The summed E-state index contributed by atoms with van der Waals surface area (Å²) in [7, 11) is 0. The van der Waals surface area contributed by atoms with Crippen molar-refractivity contribution in [3.05, 3.63) is 29.8 Å². The molecule has 1 saturated carbocycles. The molecule has 5 nitrogen and oxygen atoms in total. The van der Waals surface area contributed by atoms with Crippen molar-refractivity contribution in [2.75, 3.05) is 24.5 Å². The molecule has 2 atom stereocenters. The third-order valence-electron chi connectivity index (χ3n) is 6.24. The predicted octanol–water partition coefficient (Wildman–Crippen LogP) is 2.63. The highest BCUT2D eigenvalue weighted by atomic mass is 35.5. The number of hydrogen-bond acceptors (Lipinski definition) is 3. The van der Waals surface area contributed by atoms with E-state index >= 15 is 0 Å². The first-order valence-corrected chi connectivity index (χ1v) is 9.57. The number of amides is 2. The third kappa shape index (κ3) is 3.47. The molecule has 3 fully saturated rings. The maximum Gasteiger partial charge on any atom is 0.228 e. The minimum Gasteiger partial charge on any atom is -0.351 e. The average molecular weight is 378 g/mol. The number of carbonyl (C=O) groups excluding carboxylic acids is 2. The Kier molecular flexibility index (Phi) is 5.88. The molecule has 0 radical (unpaired) electrons.